The number of anilines is 3. The first-order valence-corrected chi connectivity index (χ1v) is 8.30. The first-order valence-electron chi connectivity index (χ1n) is 8.30. The summed E-state index contributed by atoms with van der Waals surface area (Å²) in [5.41, 5.74) is 3.57. The second-order valence-corrected chi connectivity index (χ2v) is 5.87. The van der Waals surface area contributed by atoms with Crippen molar-refractivity contribution in [1.29, 1.82) is 0 Å². The minimum absolute atomic E-state index is 0.296. The second kappa shape index (κ2) is 7.42. The smallest absolute Gasteiger partial charge is 0.229 e. The maximum absolute atomic E-state index is 5.63. The Bertz CT molecular complexity index is 653. The van der Waals surface area contributed by atoms with Crippen LogP contribution in [0.3, 0.4) is 0 Å². The standard InChI is InChI=1S/C18H24N4O/c1-3-14-7-4-6-13(2)17(14)22-18-19-10-9-16(21-18)20-12-15-8-5-11-23-15/h4,6-7,9-10,15H,3,5,8,11-12H2,1-2H3,(H2,19,20,21,22). The number of nitrogens with zero attached hydrogens (tertiary/aromatic N) is 2. The van der Waals surface area contributed by atoms with Crippen LogP contribution >= 0.6 is 0 Å². The zero-order chi connectivity index (χ0) is 16.1. The molecule has 1 aliphatic heterocycles. The number of aryl methyl sites for hydroxylation is 2. The van der Waals surface area contributed by atoms with Gasteiger partial charge in [-0.2, -0.15) is 4.98 Å². The number of rotatable bonds is 6. The summed E-state index contributed by atoms with van der Waals surface area (Å²) in [5.74, 6) is 1.44. The van der Waals surface area contributed by atoms with Crippen LogP contribution in [0, 0.1) is 6.92 Å². The van der Waals surface area contributed by atoms with E-state index < -0.39 is 0 Å². The summed E-state index contributed by atoms with van der Waals surface area (Å²) in [4.78, 5) is 8.89. The van der Waals surface area contributed by atoms with E-state index in [1.165, 1.54) is 11.1 Å². The van der Waals surface area contributed by atoms with Crippen molar-refractivity contribution < 1.29 is 4.74 Å². The van der Waals surface area contributed by atoms with Crippen LogP contribution in [-0.4, -0.2) is 29.2 Å². The van der Waals surface area contributed by atoms with E-state index in [9.17, 15) is 0 Å². The summed E-state index contributed by atoms with van der Waals surface area (Å²) < 4.78 is 5.63. The van der Waals surface area contributed by atoms with Gasteiger partial charge in [-0.15, -0.1) is 0 Å². The number of nitrogens with one attached hydrogen (secondary N) is 2. The van der Waals surface area contributed by atoms with E-state index in [1.807, 2.05) is 6.07 Å². The summed E-state index contributed by atoms with van der Waals surface area (Å²) in [6.07, 6.45) is 5.31. The highest BCUT2D eigenvalue weighted by atomic mass is 16.5. The minimum atomic E-state index is 0.296. The molecule has 0 bridgehead atoms. The Morgan fingerprint density at radius 2 is 2.22 bits per heavy atom. The van der Waals surface area contributed by atoms with Crippen LogP contribution in [0.2, 0.25) is 0 Å². The third-order valence-corrected chi connectivity index (χ3v) is 4.17. The van der Waals surface area contributed by atoms with E-state index in [1.54, 1.807) is 6.20 Å². The molecular weight excluding hydrogens is 288 g/mol. The van der Waals surface area contributed by atoms with E-state index in [2.05, 4.69) is 52.6 Å². The van der Waals surface area contributed by atoms with E-state index in [4.69, 9.17) is 4.74 Å². The Morgan fingerprint density at radius 1 is 1.30 bits per heavy atom. The normalized spacial score (nSPS) is 17.2. The molecule has 0 saturated carbocycles. The SMILES string of the molecule is CCc1cccc(C)c1Nc1nccc(NCC2CCCO2)n1. The molecule has 0 amide bonds. The van der Waals surface area contributed by atoms with Gasteiger partial charge in [-0.25, -0.2) is 4.98 Å². The second-order valence-electron chi connectivity index (χ2n) is 5.87. The Kier molecular flexibility index (Phi) is 5.08. The Labute approximate surface area is 137 Å². The fourth-order valence-corrected chi connectivity index (χ4v) is 2.85. The third kappa shape index (κ3) is 3.99. The van der Waals surface area contributed by atoms with Crippen LogP contribution in [0.15, 0.2) is 30.5 Å². The number of aromatic nitrogens is 2. The Hall–Kier alpha value is -2.14. The first kappa shape index (κ1) is 15.7. The van der Waals surface area contributed by atoms with Gasteiger partial charge in [0.1, 0.15) is 5.82 Å². The zero-order valence-corrected chi connectivity index (χ0v) is 13.8. The lowest BCUT2D eigenvalue weighted by molar-refractivity contribution is 0.120. The largest absolute Gasteiger partial charge is 0.376 e. The summed E-state index contributed by atoms with van der Waals surface area (Å²) in [7, 11) is 0. The molecular formula is C18H24N4O. The van der Waals surface area contributed by atoms with Gasteiger partial charge >= 0.3 is 0 Å². The van der Waals surface area contributed by atoms with Crippen LogP contribution in [0.1, 0.15) is 30.9 Å². The number of para-hydroxylation sites is 1. The summed E-state index contributed by atoms with van der Waals surface area (Å²) in [5, 5.41) is 6.71. The molecule has 2 N–H and O–H groups in total. The minimum Gasteiger partial charge on any atom is -0.376 e. The molecule has 2 heterocycles. The topological polar surface area (TPSA) is 59.1 Å². The van der Waals surface area contributed by atoms with Crippen LogP contribution in [-0.2, 0) is 11.2 Å². The lowest BCUT2D eigenvalue weighted by atomic mass is 10.1. The quantitative estimate of drug-likeness (QED) is 0.852. The lowest BCUT2D eigenvalue weighted by Crippen LogP contribution is -2.19. The maximum Gasteiger partial charge on any atom is 0.229 e. The van der Waals surface area contributed by atoms with E-state index in [0.29, 0.717) is 12.1 Å². The van der Waals surface area contributed by atoms with Gasteiger partial charge in [0, 0.05) is 25.0 Å². The molecule has 5 nitrogen and oxygen atoms in total. The van der Waals surface area contributed by atoms with Crippen molar-refractivity contribution >= 4 is 17.5 Å². The number of benzene rings is 1. The predicted octanol–water partition coefficient (Wildman–Crippen LogP) is 3.68. The Morgan fingerprint density at radius 3 is 3.00 bits per heavy atom. The lowest BCUT2D eigenvalue weighted by Gasteiger charge is -2.14. The third-order valence-electron chi connectivity index (χ3n) is 4.17. The van der Waals surface area contributed by atoms with E-state index in [0.717, 1.165) is 43.9 Å². The van der Waals surface area contributed by atoms with Crippen molar-refractivity contribution in [2.24, 2.45) is 0 Å². The average molecular weight is 312 g/mol. The van der Waals surface area contributed by atoms with Gasteiger partial charge in [-0.3, -0.25) is 0 Å². The molecule has 23 heavy (non-hydrogen) atoms. The van der Waals surface area contributed by atoms with Gasteiger partial charge in [-0.05, 0) is 43.4 Å². The predicted molar refractivity (Wildman–Crippen MR) is 93.3 cm³/mol. The summed E-state index contributed by atoms with van der Waals surface area (Å²) in [6.45, 7) is 5.92. The van der Waals surface area contributed by atoms with Crippen molar-refractivity contribution in [3.8, 4) is 0 Å². The van der Waals surface area contributed by atoms with Crippen molar-refractivity contribution in [2.45, 2.75) is 39.2 Å². The molecule has 1 aromatic carbocycles. The molecule has 0 spiro atoms. The molecule has 122 valence electrons. The number of ether oxygens (including phenoxy) is 1. The summed E-state index contributed by atoms with van der Waals surface area (Å²) in [6, 6.07) is 8.20. The monoisotopic (exact) mass is 312 g/mol. The van der Waals surface area contributed by atoms with Crippen molar-refractivity contribution in [3.05, 3.63) is 41.6 Å². The maximum atomic E-state index is 5.63. The van der Waals surface area contributed by atoms with Crippen LogP contribution in [0.5, 0.6) is 0 Å². The van der Waals surface area contributed by atoms with Crippen LogP contribution in [0.25, 0.3) is 0 Å². The molecule has 1 saturated heterocycles. The van der Waals surface area contributed by atoms with Gasteiger partial charge in [-0.1, -0.05) is 25.1 Å². The summed E-state index contributed by atoms with van der Waals surface area (Å²) >= 11 is 0. The highest BCUT2D eigenvalue weighted by molar-refractivity contribution is 5.63. The molecule has 1 fully saturated rings. The number of hydrogen-bond acceptors (Lipinski definition) is 5. The van der Waals surface area contributed by atoms with E-state index >= 15 is 0 Å². The average Bonchev–Trinajstić information content (AvgIpc) is 3.09. The molecule has 0 radical (unpaired) electrons. The molecule has 1 aliphatic rings. The van der Waals surface area contributed by atoms with E-state index in [-0.39, 0.29) is 0 Å². The number of hydrogen-bond donors (Lipinski definition) is 2. The fraction of sp³-hybridized carbons (Fsp3) is 0.444. The van der Waals surface area contributed by atoms with Crippen molar-refractivity contribution in [3.63, 3.8) is 0 Å². The highest BCUT2D eigenvalue weighted by Gasteiger charge is 2.15. The zero-order valence-electron chi connectivity index (χ0n) is 13.8. The van der Waals surface area contributed by atoms with Gasteiger partial charge < -0.3 is 15.4 Å². The molecule has 3 rings (SSSR count). The molecule has 2 aromatic rings. The van der Waals surface area contributed by atoms with Crippen LogP contribution in [0.4, 0.5) is 17.5 Å². The van der Waals surface area contributed by atoms with Crippen molar-refractivity contribution in [2.75, 3.05) is 23.8 Å². The van der Waals surface area contributed by atoms with Gasteiger partial charge in [0.05, 0.1) is 6.10 Å². The molecule has 1 unspecified atom stereocenters. The molecule has 5 heteroatoms. The first-order chi connectivity index (χ1) is 11.3. The van der Waals surface area contributed by atoms with Gasteiger partial charge in [0.2, 0.25) is 5.95 Å². The van der Waals surface area contributed by atoms with Gasteiger partial charge in [0.15, 0.2) is 0 Å². The highest BCUT2D eigenvalue weighted by Crippen LogP contribution is 2.24. The van der Waals surface area contributed by atoms with Crippen LogP contribution < -0.4 is 10.6 Å². The van der Waals surface area contributed by atoms with Gasteiger partial charge in [0.25, 0.3) is 0 Å². The Balaban J connectivity index is 1.70. The molecule has 0 aliphatic carbocycles. The molecule has 1 atom stereocenters. The van der Waals surface area contributed by atoms with Crippen molar-refractivity contribution in [1.82, 2.24) is 9.97 Å². The fourth-order valence-electron chi connectivity index (χ4n) is 2.85. The molecule has 1 aromatic heterocycles.